The Morgan fingerprint density at radius 2 is 1.12 bits per heavy atom. The van der Waals surface area contributed by atoms with E-state index in [1.807, 2.05) is 60.4 Å². The van der Waals surface area contributed by atoms with E-state index in [2.05, 4.69) is 52.3 Å². The zero-order valence-electron chi connectivity index (χ0n) is 43.1. The molecule has 23 nitrogen and oxygen atoms in total. The Labute approximate surface area is 451 Å². The smallest absolute Gasteiger partial charge is 0.377 e. The lowest BCUT2D eigenvalue weighted by molar-refractivity contribution is -0.132. The topological polar surface area (TPSA) is 282 Å². The largest absolute Gasteiger partial charge is 0.494 e. The molecule has 402 valence electrons. The molecule has 0 aliphatic carbocycles. The summed E-state index contributed by atoms with van der Waals surface area (Å²) in [5, 5.41) is 21.4. The number of Topliss-reactive ketones (excluding diaryl/α,β-unsaturated/α-hetero) is 2. The first-order valence-corrected chi connectivity index (χ1v) is 25.0. The number of H-pyrrole nitrogens is 2. The molecule has 10 rings (SSSR count). The Hall–Kier alpha value is -8.54. The fourth-order valence-corrected chi connectivity index (χ4v) is 8.57. The van der Waals surface area contributed by atoms with Gasteiger partial charge in [0.25, 0.3) is 29.3 Å². The van der Waals surface area contributed by atoms with Gasteiger partial charge in [0.2, 0.25) is 0 Å². The monoisotopic (exact) mass is 1090 g/mol. The molecule has 8 heterocycles. The molecule has 6 aromatic heterocycles. The number of hydrogen-bond acceptors (Lipinski definition) is 15. The number of amides is 3. The van der Waals surface area contributed by atoms with Crippen molar-refractivity contribution in [2.45, 2.75) is 51.5 Å². The van der Waals surface area contributed by atoms with Crippen molar-refractivity contribution in [2.75, 3.05) is 53.5 Å². The van der Waals surface area contributed by atoms with E-state index in [0.29, 0.717) is 68.7 Å². The minimum absolute atomic E-state index is 0.000151. The molecule has 0 saturated carbocycles. The molecule has 2 saturated heterocycles. The van der Waals surface area contributed by atoms with Gasteiger partial charge in [0.1, 0.15) is 40.6 Å². The highest BCUT2D eigenvalue weighted by molar-refractivity contribution is 6.45. The number of alkyl halides is 2. The minimum Gasteiger partial charge on any atom is -0.494 e. The summed E-state index contributed by atoms with van der Waals surface area (Å²) in [6.07, 6.45) is 8.69. The molecule has 0 spiro atoms. The van der Waals surface area contributed by atoms with Crippen LogP contribution in [0.4, 0.5) is 0 Å². The second-order valence-electron chi connectivity index (χ2n) is 17.5. The first-order valence-electron chi connectivity index (χ1n) is 24.1. The molecule has 2 aliphatic rings. The van der Waals surface area contributed by atoms with Gasteiger partial charge in [0, 0.05) is 74.9 Å². The third-order valence-corrected chi connectivity index (χ3v) is 12.3. The number of nitrogens with one attached hydrogen (secondary N) is 3. The van der Waals surface area contributed by atoms with Gasteiger partial charge in [-0.1, -0.05) is 36.4 Å². The normalized spacial score (nSPS) is 15.1. The highest BCUT2D eigenvalue weighted by Gasteiger charge is 2.35. The number of methoxy groups -OCH3 is 2. The minimum atomic E-state index is -1.54. The third kappa shape index (κ3) is 12.9. The number of aromatic amines is 2. The average molecular weight is 1090 g/mol. The molecule has 2 fully saturated rings. The van der Waals surface area contributed by atoms with Crippen molar-refractivity contribution in [3.05, 3.63) is 132 Å². The van der Waals surface area contributed by atoms with Gasteiger partial charge < -0.3 is 44.6 Å². The Morgan fingerprint density at radius 1 is 0.662 bits per heavy atom. The molecule has 77 heavy (non-hydrogen) atoms. The van der Waals surface area contributed by atoms with Gasteiger partial charge in [0.15, 0.2) is 11.6 Å². The summed E-state index contributed by atoms with van der Waals surface area (Å²) in [6, 6.07) is 18.5. The van der Waals surface area contributed by atoms with Gasteiger partial charge in [0.05, 0.1) is 59.5 Å². The second-order valence-corrected chi connectivity index (χ2v) is 19.1. The molecular formula is C52H56Cl2N14O9. The zero-order chi connectivity index (χ0) is 55.5. The van der Waals surface area contributed by atoms with Crippen LogP contribution in [0.3, 0.4) is 0 Å². The number of halogens is 2. The standard InChI is InChI=1S/C25H25N7O4.C13H11N5O4.C12H16N2O.C2H4Cl2/c1-15-13-30(9-10-31(15)24(34)17-7-5-4-6-8-17)25(35)22(33)18-11-26-21-20(18)19(36-3)12-27-23(21)32-14-28-16(2)29-32;1-6-16-5-18(17-6)12-10-9(8(22-2)4-15-12)7(3-14-10)11(19)13(20)21;1-10-9-13-7-8-14(10)12(15)11-5-3-2-4-6-11;1-2(3)4/h4-8,11-12,14-15,26H,9-10,13H2,1-3H3;3-5,14H,1-2H3,(H,20,21);2-6,10,13H,7-9H2,1H3;2H,1H3/t15-;;10-;/m1.1./s1. The fourth-order valence-electron chi connectivity index (χ4n) is 8.57. The Balaban J connectivity index is 0.000000178. The molecule has 2 atom stereocenters. The predicted molar refractivity (Wildman–Crippen MR) is 285 cm³/mol. The molecule has 25 heteroatoms. The fraction of sp³-hybridized carbons (Fsp3) is 0.308. The summed E-state index contributed by atoms with van der Waals surface area (Å²) < 4.78 is 13.6. The van der Waals surface area contributed by atoms with Gasteiger partial charge in [-0.3, -0.25) is 24.0 Å². The number of carboxylic acid groups (broad SMARTS) is 1. The van der Waals surface area contributed by atoms with Crippen molar-refractivity contribution in [3.8, 4) is 23.1 Å². The molecule has 2 aromatic carbocycles. The number of carbonyl (C=O) groups is 6. The van der Waals surface area contributed by atoms with Crippen LogP contribution in [-0.4, -0.2) is 175 Å². The van der Waals surface area contributed by atoms with Crippen LogP contribution in [0.15, 0.2) is 98.1 Å². The van der Waals surface area contributed by atoms with Crippen LogP contribution in [0, 0.1) is 13.8 Å². The second kappa shape index (κ2) is 25.3. The molecular weight excluding hydrogens is 1040 g/mol. The van der Waals surface area contributed by atoms with E-state index in [4.69, 9.17) is 37.8 Å². The molecule has 4 N–H and O–H groups in total. The first kappa shape index (κ1) is 56.2. The number of piperazine rings is 2. The van der Waals surface area contributed by atoms with Crippen LogP contribution >= 0.6 is 23.2 Å². The number of pyridine rings is 2. The highest BCUT2D eigenvalue weighted by Crippen LogP contribution is 2.33. The van der Waals surface area contributed by atoms with Crippen LogP contribution in [0.5, 0.6) is 11.5 Å². The van der Waals surface area contributed by atoms with E-state index in [0.717, 1.165) is 25.2 Å². The number of aryl methyl sites for hydroxylation is 2. The number of fused-ring (bicyclic) bond motifs is 2. The van der Waals surface area contributed by atoms with Gasteiger partial charge in [-0.15, -0.1) is 23.2 Å². The van der Waals surface area contributed by atoms with Crippen molar-refractivity contribution in [2.24, 2.45) is 0 Å². The summed E-state index contributed by atoms with van der Waals surface area (Å²) >= 11 is 10.1. The number of nitrogens with zero attached hydrogens (tertiary/aromatic N) is 11. The molecule has 0 bridgehead atoms. The van der Waals surface area contributed by atoms with Crippen molar-refractivity contribution in [1.29, 1.82) is 0 Å². The molecule has 2 aliphatic heterocycles. The van der Waals surface area contributed by atoms with E-state index in [9.17, 15) is 28.8 Å². The highest BCUT2D eigenvalue weighted by atomic mass is 35.5. The first-order chi connectivity index (χ1) is 36.9. The Morgan fingerprint density at radius 3 is 1.52 bits per heavy atom. The summed E-state index contributed by atoms with van der Waals surface area (Å²) in [6.45, 7) is 12.6. The number of rotatable bonds is 10. The molecule has 0 radical (unpaired) electrons. The number of carboxylic acids is 1. The summed E-state index contributed by atoms with van der Waals surface area (Å²) in [5.41, 5.74) is 2.50. The lowest BCUT2D eigenvalue weighted by Crippen LogP contribution is -2.56. The van der Waals surface area contributed by atoms with E-state index in [-0.39, 0.29) is 53.0 Å². The predicted octanol–water partition coefficient (Wildman–Crippen LogP) is 5.67. The summed E-state index contributed by atoms with van der Waals surface area (Å²) in [5.74, 6) is -1.23. The van der Waals surface area contributed by atoms with Crippen LogP contribution in [0.2, 0.25) is 0 Å². The van der Waals surface area contributed by atoms with E-state index in [1.54, 1.807) is 37.8 Å². The lowest BCUT2D eigenvalue weighted by atomic mass is 10.1. The van der Waals surface area contributed by atoms with Crippen LogP contribution < -0.4 is 14.8 Å². The number of aromatic nitrogens is 10. The summed E-state index contributed by atoms with van der Waals surface area (Å²) in [4.78, 5) is 102. The van der Waals surface area contributed by atoms with Gasteiger partial charge in [-0.05, 0) is 58.9 Å². The van der Waals surface area contributed by atoms with Crippen molar-refractivity contribution in [3.63, 3.8) is 0 Å². The number of benzene rings is 2. The van der Waals surface area contributed by atoms with Crippen LogP contribution in [-0.2, 0) is 9.59 Å². The SMILES string of the molecule is CC(Cl)Cl.COc1cnc(-n2cnc(C)n2)c2[nH]cc(C(=O)C(=O)N3CCN(C(=O)c4ccccc4)[C@H](C)C3)c12.COc1cnc(-n2cnc(C)n2)c2[nH]cc(C(=O)C(=O)O)c12.C[C@@H]1CNCCN1C(=O)c1ccccc1. The Bertz CT molecular complexity index is 3390. The van der Waals surface area contributed by atoms with Crippen molar-refractivity contribution < 1.29 is 43.3 Å². The Kier molecular flexibility index (Phi) is 18.5. The average Bonchev–Trinajstić information content (AvgIpc) is 4.33. The van der Waals surface area contributed by atoms with Gasteiger partial charge in [-0.25, -0.2) is 34.1 Å². The van der Waals surface area contributed by atoms with Crippen molar-refractivity contribution in [1.82, 2.24) is 69.5 Å². The molecule has 3 amide bonds. The zero-order valence-corrected chi connectivity index (χ0v) is 44.6. The summed E-state index contributed by atoms with van der Waals surface area (Å²) in [7, 11) is 2.89. The maximum atomic E-state index is 13.4. The van der Waals surface area contributed by atoms with Gasteiger partial charge >= 0.3 is 5.97 Å². The van der Waals surface area contributed by atoms with E-state index >= 15 is 0 Å². The van der Waals surface area contributed by atoms with E-state index in [1.165, 1.54) is 65.9 Å². The van der Waals surface area contributed by atoms with Gasteiger partial charge in [-0.2, -0.15) is 10.2 Å². The molecule has 8 aromatic rings. The maximum absolute atomic E-state index is 13.4. The molecule has 0 unspecified atom stereocenters. The van der Waals surface area contributed by atoms with Crippen LogP contribution in [0.25, 0.3) is 33.4 Å². The quantitative estimate of drug-likeness (QED) is 0.0729. The number of ketones is 2. The third-order valence-electron chi connectivity index (χ3n) is 12.3. The lowest BCUT2D eigenvalue weighted by Gasteiger charge is -2.39. The van der Waals surface area contributed by atoms with Crippen LogP contribution in [0.1, 0.15) is 73.9 Å². The number of hydrogen-bond donors (Lipinski definition) is 4. The number of carbonyl (C=O) groups excluding carboxylic acids is 5. The van der Waals surface area contributed by atoms with E-state index < -0.39 is 23.4 Å². The number of ether oxygens (including phenoxy) is 2. The number of aliphatic carboxylic acids is 1. The van der Waals surface area contributed by atoms with Crippen molar-refractivity contribution >= 4 is 80.3 Å². The maximum Gasteiger partial charge on any atom is 0.377 e.